The fourth-order valence-corrected chi connectivity index (χ4v) is 4.03. The number of nitro benzene ring substituents is 1. The van der Waals surface area contributed by atoms with Crippen molar-refractivity contribution in [3.05, 3.63) is 72.5 Å². The van der Waals surface area contributed by atoms with Gasteiger partial charge in [-0.05, 0) is 19.1 Å². The van der Waals surface area contributed by atoms with Gasteiger partial charge in [0.2, 0.25) is 0 Å². The van der Waals surface area contributed by atoms with Gasteiger partial charge in [0.05, 0.1) is 22.7 Å². The summed E-state index contributed by atoms with van der Waals surface area (Å²) in [4.78, 5) is 48.5. The Hall–Kier alpha value is -3.31. The lowest BCUT2D eigenvalue weighted by molar-refractivity contribution is -0.384. The van der Waals surface area contributed by atoms with Crippen LogP contribution in [0.5, 0.6) is 0 Å². The van der Waals surface area contributed by atoms with E-state index in [1.807, 2.05) is 0 Å². The number of aromatic nitrogens is 2. The zero-order valence-electron chi connectivity index (χ0n) is 15.9. The van der Waals surface area contributed by atoms with Gasteiger partial charge in [-0.3, -0.25) is 24.5 Å². The van der Waals surface area contributed by atoms with Gasteiger partial charge in [0, 0.05) is 42.7 Å². The summed E-state index contributed by atoms with van der Waals surface area (Å²) in [5.41, 5.74) is -0.746. The second-order valence-electron chi connectivity index (χ2n) is 7.48. The first-order valence-electron chi connectivity index (χ1n) is 9.35. The second-order valence-corrected chi connectivity index (χ2v) is 7.48. The number of benzene rings is 1. The molecule has 0 bridgehead atoms. The lowest BCUT2D eigenvalue weighted by atomic mass is 10.0. The van der Waals surface area contributed by atoms with Gasteiger partial charge in [0.25, 0.3) is 11.2 Å². The molecule has 158 valence electrons. The molecule has 1 aliphatic heterocycles. The van der Waals surface area contributed by atoms with Gasteiger partial charge >= 0.3 is 11.7 Å². The van der Waals surface area contributed by atoms with Gasteiger partial charge in [-0.15, -0.1) is 0 Å². The standard InChI is InChI=1S/C19H19N3O8/c1-9-8-21(19(26)20-17(9)24)15-6-12-14(7-13(23)16(12)30-15)29-18(25)10-2-4-11(5-3-10)22(27)28/h2-5,8,12-16,23H,6-7H2,1H3,(H,20,24,26)/t12-,13+,14+,15+,16-/m0/s1. The van der Waals surface area contributed by atoms with Crippen LogP contribution in [0.25, 0.3) is 0 Å². The molecule has 0 spiro atoms. The number of hydrogen-bond acceptors (Lipinski definition) is 8. The Morgan fingerprint density at radius 1 is 1.30 bits per heavy atom. The Balaban J connectivity index is 1.50. The Morgan fingerprint density at radius 2 is 2.00 bits per heavy atom. The highest BCUT2D eigenvalue weighted by molar-refractivity contribution is 5.89. The van der Waals surface area contributed by atoms with E-state index in [1.165, 1.54) is 35.0 Å². The summed E-state index contributed by atoms with van der Waals surface area (Å²) in [6.07, 6.45) is -0.961. The Morgan fingerprint density at radius 3 is 2.67 bits per heavy atom. The number of H-pyrrole nitrogens is 1. The SMILES string of the molecule is Cc1cn([C@H]2C[C@@H]3[C@H](O2)[C@H](O)C[C@H]3OC(=O)c2ccc([N+](=O)[O-])cc2)c(=O)[nH]c1=O. The molecule has 5 atom stereocenters. The first kappa shape index (κ1) is 20.0. The van der Waals surface area contributed by atoms with Crippen LogP contribution in [-0.4, -0.2) is 43.9 Å². The Kier molecular flexibility index (Phi) is 5.00. The van der Waals surface area contributed by atoms with Gasteiger partial charge in [0.15, 0.2) is 0 Å². The molecule has 30 heavy (non-hydrogen) atoms. The Bertz CT molecular complexity index is 1110. The molecular formula is C19H19N3O8. The third kappa shape index (κ3) is 3.53. The maximum absolute atomic E-state index is 12.5. The number of aryl methyl sites for hydroxylation is 1. The van der Waals surface area contributed by atoms with Crippen molar-refractivity contribution in [3.8, 4) is 0 Å². The number of aromatic amines is 1. The molecule has 0 amide bonds. The molecule has 1 aromatic heterocycles. The van der Waals surface area contributed by atoms with Gasteiger partial charge in [-0.1, -0.05) is 0 Å². The summed E-state index contributed by atoms with van der Waals surface area (Å²) in [7, 11) is 0. The molecule has 0 radical (unpaired) electrons. The fourth-order valence-electron chi connectivity index (χ4n) is 4.03. The monoisotopic (exact) mass is 417 g/mol. The summed E-state index contributed by atoms with van der Waals surface area (Å²) >= 11 is 0. The van der Waals surface area contributed by atoms with Crippen molar-refractivity contribution in [2.75, 3.05) is 0 Å². The van der Waals surface area contributed by atoms with Crippen LogP contribution in [0, 0.1) is 23.0 Å². The maximum atomic E-state index is 12.5. The zero-order chi connectivity index (χ0) is 21.6. The normalized spacial score (nSPS) is 27.6. The van der Waals surface area contributed by atoms with E-state index in [2.05, 4.69) is 4.98 Å². The largest absolute Gasteiger partial charge is 0.458 e. The molecule has 1 aliphatic carbocycles. The summed E-state index contributed by atoms with van der Waals surface area (Å²) in [6, 6.07) is 5.03. The van der Waals surface area contributed by atoms with Crippen LogP contribution in [-0.2, 0) is 9.47 Å². The fraction of sp³-hybridized carbons (Fsp3) is 0.421. The van der Waals surface area contributed by atoms with E-state index in [-0.39, 0.29) is 23.6 Å². The van der Waals surface area contributed by atoms with E-state index in [9.17, 15) is 29.6 Å². The molecule has 2 fully saturated rings. The lowest BCUT2D eigenvalue weighted by Gasteiger charge is -2.19. The molecule has 1 saturated carbocycles. The molecule has 1 aromatic carbocycles. The van der Waals surface area contributed by atoms with E-state index in [1.54, 1.807) is 6.92 Å². The lowest BCUT2D eigenvalue weighted by Crippen LogP contribution is -2.34. The average molecular weight is 417 g/mol. The minimum absolute atomic E-state index is 0.142. The van der Waals surface area contributed by atoms with Crippen LogP contribution in [0.15, 0.2) is 40.1 Å². The Labute approximate surface area is 169 Å². The molecule has 11 heteroatoms. The van der Waals surface area contributed by atoms with E-state index in [0.29, 0.717) is 12.0 Å². The van der Waals surface area contributed by atoms with Gasteiger partial charge in [0.1, 0.15) is 12.3 Å². The van der Waals surface area contributed by atoms with Crippen LogP contribution in [0.4, 0.5) is 5.69 Å². The van der Waals surface area contributed by atoms with Crippen LogP contribution in [0.2, 0.25) is 0 Å². The van der Waals surface area contributed by atoms with Crippen molar-refractivity contribution in [2.45, 2.75) is 44.3 Å². The minimum atomic E-state index is -0.880. The van der Waals surface area contributed by atoms with Crippen molar-refractivity contribution in [1.82, 2.24) is 9.55 Å². The summed E-state index contributed by atoms with van der Waals surface area (Å²) in [6.45, 7) is 1.56. The number of aliphatic hydroxyl groups is 1. The van der Waals surface area contributed by atoms with Gasteiger partial charge in [-0.25, -0.2) is 9.59 Å². The minimum Gasteiger partial charge on any atom is -0.458 e. The molecule has 4 rings (SSSR count). The van der Waals surface area contributed by atoms with Crippen LogP contribution in [0.3, 0.4) is 0 Å². The molecule has 2 heterocycles. The number of esters is 1. The van der Waals surface area contributed by atoms with Crippen molar-refractivity contribution >= 4 is 11.7 Å². The van der Waals surface area contributed by atoms with Crippen LogP contribution >= 0.6 is 0 Å². The van der Waals surface area contributed by atoms with Crippen molar-refractivity contribution in [2.24, 2.45) is 5.92 Å². The predicted molar refractivity (Wildman–Crippen MR) is 101 cm³/mol. The zero-order valence-corrected chi connectivity index (χ0v) is 15.9. The summed E-state index contributed by atoms with van der Waals surface area (Å²) < 4.78 is 12.6. The van der Waals surface area contributed by atoms with E-state index in [4.69, 9.17) is 9.47 Å². The smallest absolute Gasteiger partial charge is 0.338 e. The summed E-state index contributed by atoms with van der Waals surface area (Å²) in [5.74, 6) is -1.01. The molecule has 2 aromatic rings. The summed E-state index contributed by atoms with van der Waals surface area (Å²) in [5, 5.41) is 21.1. The second kappa shape index (κ2) is 7.50. The van der Waals surface area contributed by atoms with Gasteiger partial charge in [-0.2, -0.15) is 0 Å². The number of aliphatic hydroxyl groups excluding tert-OH is 1. The highest BCUT2D eigenvalue weighted by atomic mass is 16.6. The number of nitrogens with zero attached hydrogens (tertiary/aromatic N) is 2. The molecule has 2 N–H and O–H groups in total. The van der Waals surface area contributed by atoms with Crippen molar-refractivity contribution in [1.29, 1.82) is 0 Å². The highest BCUT2D eigenvalue weighted by Crippen LogP contribution is 2.44. The number of hydrogen-bond donors (Lipinski definition) is 2. The predicted octanol–water partition coefficient (Wildman–Crippen LogP) is 0.647. The number of fused-ring (bicyclic) bond motifs is 1. The maximum Gasteiger partial charge on any atom is 0.338 e. The van der Waals surface area contributed by atoms with Crippen molar-refractivity contribution < 1.29 is 24.3 Å². The van der Waals surface area contributed by atoms with E-state index < -0.39 is 46.7 Å². The number of nitro groups is 1. The molecule has 0 unspecified atom stereocenters. The first-order valence-corrected chi connectivity index (χ1v) is 9.35. The van der Waals surface area contributed by atoms with E-state index >= 15 is 0 Å². The van der Waals surface area contributed by atoms with Crippen LogP contribution < -0.4 is 11.2 Å². The number of rotatable bonds is 4. The number of ether oxygens (including phenoxy) is 2. The number of nitrogens with one attached hydrogen (secondary N) is 1. The van der Waals surface area contributed by atoms with Crippen molar-refractivity contribution in [3.63, 3.8) is 0 Å². The quantitative estimate of drug-likeness (QED) is 0.417. The third-order valence-electron chi connectivity index (χ3n) is 5.57. The van der Waals surface area contributed by atoms with E-state index in [0.717, 1.165) is 0 Å². The number of carbonyl (C=O) groups is 1. The molecular weight excluding hydrogens is 398 g/mol. The number of carbonyl (C=O) groups excluding carboxylic acids is 1. The molecule has 1 saturated heterocycles. The highest BCUT2D eigenvalue weighted by Gasteiger charge is 2.52. The molecule has 2 aliphatic rings. The number of non-ortho nitro benzene ring substituents is 1. The topological polar surface area (TPSA) is 154 Å². The van der Waals surface area contributed by atoms with Crippen LogP contribution in [0.1, 0.15) is 35.0 Å². The average Bonchev–Trinajstić information content (AvgIpc) is 3.26. The third-order valence-corrected chi connectivity index (χ3v) is 5.57. The molecule has 11 nitrogen and oxygen atoms in total. The van der Waals surface area contributed by atoms with Gasteiger partial charge < -0.3 is 14.6 Å². The first-order chi connectivity index (χ1) is 14.2.